The van der Waals surface area contributed by atoms with E-state index >= 15 is 0 Å². The molecule has 0 saturated carbocycles. The Hall–Kier alpha value is -0.760. The second-order valence-corrected chi connectivity index (χ2v) is 3.87. The van der Waals surface area contributed by atoms with Crippen LogP contribution in [0.5, 0.6) is 0 Å². The number of halogens is 3. The summed E-state index contributed by atoms with van der Waals surface area (Å²) in [7, 11) is -5.47. The first kappa shape index (κ1) is 10.3. The topological polar surface area (TPSA) is 55.4 Å². The Morgan fingerprint density at radius 2 is 2.08 bits per heavy atom. The molecule has 1 aliphatic rings. The van der Waals surface area contributed by atoms with Crippen LogP contribution in [0.25, 0.3) is 0 Å². The molecule has 0 aromatic carbocycles. The van der Waals surface area contributed by atoms with Crippen LogP contribution in [0.1, 0.15) is 0 Å². The van der Waals surface area contributed by atoms with Crippen molar-refractivity contribution in [1.82, 2.24) is 5.32 Å². The van der Waals surface area contributed by atoms with Gasteiger partial charge < -0.3 is 5.32 Å². The van der Waals surface area contributed by atoms with Crippen molar-refractivity contribution in [3.05, 3.63) is 12.3 Å². The fourth-order valence-electron chi connectivity index (χ4n) is 0.711. The van der Waals surface area contributed by atoms with Gasteiger partial charge in [0.05, 0.1) is 0 Å². The van der Waals surface area contributed by atoms with Crippen molar-refractivity contribution in [2.45, 2.75) is 11.6 Å². The van der Waals surface area contributed by atoms with Gasteiger partial charge in [0.15, 0.2) is 0 Å². The zero-order valence-electron chi connectivity index (χ0n) is 6.21. The van der Waals surface area contributed by atoms with E-state index in [4.69, 9.17) is 0 Å². The SMILES string of the molecule is O=S(=O)(OC1C=CNC1)C(F)(F)F. The second-order valence-electron chi connectivity index (χ2n) is 2.30. The summed E-state index contributed by atoms with van der Waals surface area (Å²) in [5.74, 6) is 0. The number of hydrogen-bond donors (Lipinski definition) is 1. The second kappa shape index (κ2) is 3.18. The lowest BCUT2D eigenvalue weighted by atomic mass is 10.4. The van der Waals surface area contributed by atoms with Gasteiger partial charge in [-0.05, 0) is 12.3 Å². The third kappa shape index (κ3) is 2.34. The zero-order chi connectivity index (χ0) is 10.1. The Kier molecular flexibility index (Phi) is 2.53. The van der Waals surface area contributed by atoms with E-state index in [1.165, 1.54) is 12.3 Å². The maximum Gasteiger partial charge on any atom is 0.523 e. The normalized spacial score (nSPS) is 23.2. The van der Waals surface area contributed by atoms with Crippen LogP contribution in [0, 0.1) is 0 Å². The molecule has 8 heteroatoms. The molecule has 0 aliphatic carbocycles. The molecule has 4 nitrogen and oxygen atoms in total. The first-order valence-electron chi connectivity index (χ1n) is 3.22. The van der Waals surface area contributed by atoms with E-state index in [0.29, 0.717) is 0 Å². The Labute approximate surface area is 72.5 Å². The van der Waals surface area contributed by atoms with Crippen LogP contribution in [0.15, 0.2) is 12.3 Å². The third-order valence-corrected chi connectivity index (χ3v) is 2.35. The third-order valence-electron chi connectivity index (χ3n) is 1.28. The van der Waals surface area contributed by atoms with Gasteiger partial charge in [0.25, 0.3) is 0 Å². The van der Waals surface area contributed by atoms with Gasteiger partial charge in [-0.25, -0.2) is 0 Å². The van der Waals surface area contributed by atoms with E-state index in [0.717, 1.165) is 0 Å². The Balaban J connectivity index is 2.68. The lowest BCUT2D eigenvalue weighted by Crippen LogP contribution is -2.31. The van der Waals surface area contributed by atoms with Crippen LogP contribution >= 0.6 is 0 Å². The van der Waals surface area contributed by atoms with Crippen LogP contribution in [-0.4, -0.2) is 26.6 Å². The summed E-state index contributed by atoms with van der Waals surface area (Å²) in [6, 6.07) is 0. The molecule has 0 amide bonds. The zero-order valence-corrected chi connectivity index (χ0v) is 7.02. The molecule has 1 aliphatic heterocycles. The Bertz CT molecular complexity index is 307. The van der Waals surface area contributed by atoms with Crippen LogP contribution in [0.2, 0.25) is 0 Å². The first-order chi connectivity index (χ1) is 5.83. The number of alkyl halides is 3. The van der Waals surface area contributed by atoms with Gasteiger partial charge in [-0.2, -0.15) is 21.6 Å². The molecular formula is C5H6F3NO3S. The van der Waals surface area contributed by atoms with Gasteiger partial charge in [-0.15, -0.1) is 0 Å². The Morgan fingerprint density at radius 1 is 1.46 bits per heavy atom. The molecule has 76 valence electrons. The Morgan fingerprint density at radius 3 is 2.46 bits per heavy atom. The van der Waals surface area contributed by atoms with E-state index in [1.807, 2.05) is 0 Å². The molecule has 0 aromatic heterocycles. The van der Waals surface area contributed by atoms with Crippen molar-refractivity contribution in [2.75, 3.05) is 6.54 Å². The summed E-state index contributed by atoms with van der Waals surface area (Å²) < 4.78 is 59.8. The highest BCUT2D eigenvalue weighted by molar-refractivity contribution is 7.87. The molecular weight excluding hydrogens is 211 g/mol. The molecule has 1 rings (SSSR count). The van der Waals surface area contributed by atoms with E-state index in [9.17, 15) is 21.6 Å². The molecule has 0 radical (unpaired) electrons. The summed E-state index contributed by atoms with van der Waals surface area (Å²) >= 11 is 0. The smallest absolute Gasteiger partial charge is 0.388 e. The molecule has 0 spiro atoms. The number of nitrogens with one attached hydrogen (secondary N) is 1. The highest BCUT2D eigenvalue weighted by atomic mass is 32.2. The standard InChI is InChI=1S/C5H6F3NO3S/c6-5(7,8)13(10,11)12-4-1-2-9-3-4/h1-2,4,9H,3H2. The summed E-state index contributed by atoms with van der Waals surface area (Å²) in [6.07, 6.45) is 1.45. The predicted molar refractivity (Wildman–Crippen MR) is 37.0 cm³/mol. The van der Waals surface area contributed by atoms with E-state index < -0.39 is 21.7 Å². The molecule has 0 saturated heterocycles. The average Bonchev–Trinajstić information content (AvgIpc) is 2.35. The molecule has 1 atom stereocenters. The molecule has 1 heterocycles. The highest BCUT2D eigenvalue weighted by Gasteiger charge is 2.48. The van der Waals surface area contributed by atoms with Gasteiger partial charge in [0, 0.05) is 6.54 Å². The summed E-state index contributed by atoms with van der Waals surface area (Å²) in [4.78, 5) is 0. The van der Waals surface area contributed by atoms with Crippen LogP contribution in [0.3, 0.4) is 0 Å². The molecule has 0 bridgehead atoms. The quantitative estimate of drug-likeness (QED) is 0.535. The maximum absolute atomic E-state index is 11.7. The molecule has 1 N–H and O–H groups in total. The lowest BCUT2D eigenvalue weighted by molar-refractivity contribution is -0.0556. The molecule has 13 heavy (non-hydrogen) atoms. The summed E-state index contributed by atoms with van der Waals surface area (Å²) in [5, 5.41) is 2.51. The van der Waals surface area contributed by atoms with Gasteiger partial charge >= 0.3 is 15.6 Å². The van der Waals surface area contributed by atoms with Crippen LogP contribution < -0.4 is 5.32 Å². The monoisotopic (exact) mass is 217 g/mol. The van der Waals surface area contributed by atoms with Crippen molar-refractivity contribution in [3.8, 4) is 0 Å². The summed E-state index contributed by atoms with van der Waals surface area (Å²) in [5.41, 5.74) is -5.36. The van der Waals surface area contributed by atoms with E-state index in [2.05, 4.69) is 9.50 Å². The predicted octanol–water partition coefficient (Wildman–Crippen LogP) is 0.338. The summed E-state index contributed by atoms with van der Waals surface area (Å²) in [6.45, 7) is 0.0231. The fraction of sp³-hybridized carbons (Fsp3) is 0.600. The van der Waals surface area contributed by atoms with E-state index in [1.54, 1.807) is 0 Å². The van der Waals surface area contributed by atoms with Gasteiger partial charge in [-0.3, -0.25) is 4.18 Å². The number of rotatable bonds is 2. The van der Waals surface area contributed by atoms with Crippen molar-refractivity contribution in [3.63, 3.8) is 0 Å². The fourth-order valence-corrected chi connectivity index (χ4v) is 1.28. The van der Waals surface area contributed by atoms with Crippen LogP contribution in [-0.2, 0) is 14.3 Å². The molecule has 0 fully saturated rings. The van der Waals surface area contributed by atoms with Gasteiger partial charge in [-0.1, -0.05) is 0 Å². The minimum atomic E-state index is -5.47. The lowest BCUT2D eigenvalue weighted by Gasteiger charge is -2.11. The first-order valence-corrected chi connectivity index (χ1v) is 4.63. The largest absolute Gasteiger partial charge is 0.523 e. The highest BCUT2D eigenvalue weighted by Crippen LogP contribution is 2.26. The molecule has 0 aromatic rings. The van der Waals surface area contributed by atoms with Gasteiger partial charge in [0.2, 0.25) is 0 Å². The average molecular weight is 217 g/mol. The minimum Gasteiger partial charge on any atom is -0.388 e. The van der Waals surface area contributed by atoms with E-state index in [-0.39, 0.29) is 6.54 Å². The maximum atomic E-state index is 11.7. The molecule has 1 unspecified atom stereocenters. The van der Waals surface area contributed by atoms with Crippen LogP contribution in [0.4, 0.5) is 13.2 Å². The number of hydrogen-bond acceptors (Lipinski definition) is 4. The van der Waals surface area contributed by atoms with Crippen molar-refractivity contribution >= 4 is 10.1 Å². The van der Waals surface area contributed by atoms with Gasteiger partial charge in [0.1, 0.15) is 6.10 Å². The van der Waals surface area contributed by atoms with Crippen molar-refractivity contribution in [1.29, 1.82) is 0 Å². The van der Waals surface area contributed by atoms with Crippen molar-refractivity contribution in [2.24, 2.45) is 0 Å². The van der Waals surface area contributed by atoms with Crippen molar-refractivity contribution < 1.29 is 25.8 Å². The minimum absolute atomic E-state index is 0.0231.